The summed E-state index contributed by atoms with van der Waals surface area (Å²) in [5, 5.41) is 0. The van der Waals surface area contributed by atoms with Crippen LogP contribution in [0.3, 0.4) is 0 Å². The normalized spacial score (nSPS) is 15.7. The first-order valence-corrected chi connectivity index (χ1v) is 7.89. The molecule has 4 rings (SSSR count). The van der Waals surface area contributed by atoms with Gasteiger partial charge in [-0.15, -0.1) is 0 Å². The van der Waals surface area contributed by atoms with Crippen LogP contribution < -0.4 is 16.0 Å². The molecule has 0 bridgehead atoms. The number of methoxy groups -OCH3 is 1. The van der Waals surface area contributed by atoms with E-state index >= 15 is 0 Å². The smallest absolute Gasteiger partial charge is 0.423 e. The van der Waals surface area contributed by atoms with E-state index < -0.39 is 11.3 Å². The molecular formula is C17H17N3O5. The van der Waals surface area contributed by atoms with Crippen molar-refractivity contribution < 1.29 is 13.6 Å². The Labute approximate surface area is 141 Å². The van der Waals surface area contributed by atoms with E-state index in [1.165, 1.54) is 7.11 Å². The van der Waals surface area contributed by atoms with Gasteiger partial charge in [0.05, 0.1) is 12.6 Å². The SMILES string of the molecule is COc1cc2c(nc(C3=CCN(C)CC3)n2C)c2oc(=O)c(=O)oc12. The van der Waals surface area contributed by atoms with Crippen molar-refractivity contribution in [2.75, 3.05) is 27.2 Å². The molecule has 2 aromatic heterocycles. The third-order valence-corrected chi connectivity index (χ3v) is 4.53. The molecule has 0 N–H and O–H groups in total. The number of hydrogen-bond donors (Lipinski definition) is 0. The predicted molar refractivity (Wildman–Crippen MR) is 91.9 cm³/mol. The van der Waals surface area contributed by atoms with Gasteiger partial charge < -0.3 is 23.0 Å². The van der Waals surface area contributed by atoms with Crippen LogP contribution in [-0.2, 0) is 7.05 Å². The summed E-state index contributed by atoms with van der Waals surface area (Å²) in [6, 6.07) is 1.73. The zero-order valence-corrected chi connectivity index (χ0v) is 14.2. The van der Waals surface area contributed by atoms with Crippen molar-refractivity contribution in [3.05, 3.63) is 38.8 Å². The van der Waals surface area contributed by atoms with E-state index in [1.54, 1.807) is 6.07 Å². The maximum absolute atomic E-state index is 11.6. The van der Waals surface area contributed by atoms with Crippen LogP contribution in [0.5, 0.6) is 5.75 Å². The number of aryl methyl sites for hydroxylation is 1. The van der Waals surface area contributed by atoms with Crippen LogP contribution in [0.15, 0.2) is 30.6 Å². The van der Waals surface area contributed by atoms with Gasteiger partial charge in [-0.3, -0.25) is 0 Å². The Hall–Kier alpha value is -2.87. The van der Waals surface area contributed by atoms with Gasteiger partial charge in [0.15, 0.2) is 5.75 Å². The summed E-state index contributed by atoms with van der Waals surface area (Å²) < 4.78 is 17.5. The fourth-order valence-electron chi connectivity index (χ4n) is 3.13. The monoisotopic (exact) mass is 343 g/mol. The maximum atomic E-state index is 11.6. The molecule has 0 fully saturated rings. The first-order chi connectivity index (χ1) is 12.0. The first kappa shape index (κ1) is 15.6. The number of nitrogens with zero attached hydrogens (tertiary/aromatic N) is 3. The van der Waals surface area contributed by atoms with Crippen LogP contribution in [0.4, 0.5) is 0 Å². The van der Waals surface area contributed by atoms with Crippen molar-refractivity contribution in [3.63, 3.8) is 0 Å². The maximum Gasteiger partial charge on any atom is 0.423 e. The Morgan fingerprint density at radius 2 is 1.88 bits per heavy atom. The highest BCUT2D eigenvalue weighted by atomic mass is 16.5. The molecule has 8 heteroatoms. The van der Waals surface area contributed by atoms with Crippen LogP contribution in [-0.4, -0.2) is 41.7 Å². The molecule has 130 valence electrons. The van der Waals surface area contributed by atoms with Crippen LogP contribution in [0.25, 0.3) is 27.8 Å². The lowest BCUT2D eigenvalue weighted by Gasteiger charge is -2.21. The van der Waals surface area contributed by atoms with Gasteiger partial charge in [-0.1, -0.05) is 6.08 Å². The topological polar surface area (TPSA) is 90.7 Å². The third kappa shape index (κ3) is 2.37. The van der Waals surface area contributed by atoms with Crippen LogP contribution in [0.1, 0.15) is 12.2 Å². The zero-order chi connectivity index (χ0) is 17.7. The summed E-state index contributed by atoms with van der Waals surface area (Å²) in [7, 11) is 5.42. The Bertz CT molecular complexity index is 1140. The fraction of sp³-hybridized carbons (Fsp3) is 0.353. The van der Waals surface area contributed by atoms with E-state index in [4.69, 9.17) is 13.6 Å². The van der Waals surface area contributed by atoms with Gasteiger partial charge in [0.25, 0.3) is 0 Å². The molecule has 3 aromatic rings. The van der Waals surface area contributed by atoms with Crippen molar-refractivity contribution in [2.24, 2.45) is 7.05 Å². The molecule has 0 atom stereocenters. The zero-order valence-electron chi connectivity index (χ0n) is 14.2. The number of fused-ring (bicyclic) bond motifs is 3. The molecule has 1 aromatic carbocycles. The summed E-state index contributed by atoms with van der Waals surface area (Å²) in [5.41, 5.74) is 0.400. The average Bonchev–Trinajstić information content (AvgIpc) is 2.93. The summed E-state index contributed by atoms with van der Waals surface area (Å²) >= 11 is 0. The Balaban J connectivity index is 2.06. The minimum absolute atomic E-state index is 0.0848. The molecule has 0 saturated carbocycles. The molecule has 0 radical (unpaired) electrons. The minimum Gasteiger partial charge on any atom is -0.493 e. The lowest BCUT2D eigenvalue weighted by Crippen LogP contribution is -2.24. The van der Waals surface area contributed by atoms with Crippen LogP contribution >= 0.6 is 0 Å². The molecule has 0 unspecified atom stereocenters. The molecular weight excluding hydrogens is 326 g/mol. The van der Waals surface area contributed by atoms with Crippen molar-refractivity contribution in [1.29, 1.82) is 0 Å². The van der Waals surface area contributed by atoms with Gasteiger partial charge in [0.1, 0.15) is 11.3 Å². The van der Waals surface area contributed by atoms with Gasteiger partial charge in [-0.2, -0.15) is 0 Å². The van der Waals surface area contributed by atoms with Crippen molar-refractivity contribution in [3.8, 4) is 5.75 Å². The van der Waals surface area contributed by atoms with Crippen molar-refractivity contribution in [1.82, 2.24) is 14.5 Å². The summed E-state index contributed by atoms with van der Waals surface area (Å²) in [4.78, 5) is 30.0. The lowest BCUT2D eigenvalue weighted by atomic mass is 10.1. The van der Waals surface area contributed by atoms with E-state index in [9.17, 15) is 9.59 Å². The number of hydrogen-bond acceptors (Lipinski definition) is 7. The first-order valence-electron chi connectivity index (χ1n) is 7.89. The number of aromatic nitrogens is 2. The second-order valence-electron chi connectivity index (χ2n) is 6.12. The second-order valence-corrected chi connectivity index (χ2v) is 6.12. The number of rotatable bonds is 2. The van der Waals surface area contributed by atoms with Crippen LogP contribution in [0, 0.1) is 0 Å². The summed E-state index contributed by atoms with van der Waals surface area (Å²) in [6.45, 7) is 1.80. The number of likely N-dealkylation sites (N-methyl/N-ethyl adjacent to an activating group) is 1. The van der Waals surface area contributed by atoms with E-state index in [1.807, 2.05) is 11.6 Å². The summed E-state index contributed by atoms with van der Waals surface area (Å²) in [5.74, 6) is 1.11. The number of benzene rings is 1. The second kappa shape index (κ2) is 5.59. The Morgan fingerprint density at radius 1 is 1.16 bits per heavy atom. The fourth-order valence-corrected chi connectivity index (χ4v) is 3.13. The molecule has 8 nitrogen and oxygen atoms in total. The highest BCUT2D eigenvalue weighted by molar-refractivity contribution is 6.02. The Kier molecular flexibility index (Phi) is 3.50. The van der Waals surface area contributed by atoms with E-state index in [0.29, 0.717) is 11.3 Å². The van der Waals surface area contributed by atoms with Gasteiger partial charge in [-0.05, 0) is 19.0 Å². The van der Waals surface area contributed by atoms with Gasteiger partial charge in [0.2, 0.25) is 11.2 Å². The van der Waals surface area contributed by atoms with E-state index in [0.717, 1.165) is 36.4 Å². The quantitative estimate of drug-likeness (QED) is 0.649. The lowest BCUT2D eigenvalue weighted by molar-refractivity contribution is 0.369. The average molecular weight is 343 g/mol. The molecule has 0 spiro atoms. The van der Waals surface area contributed by atoms with E-state index in [-0.39, 0.29) is 11.2 Å². The third-order valence-electron chi connectivity index (χ3n) is 4.53. The van der Waals surface area contributed by atoms with Gasteiger partial charge in [-0.25, -0.2) is 14.6 Å². The molecule has 25 heavy (non-hydrogen) atoms. The van der Waals surface area contributed by atoms with Gasteiger partial charge >= 0.3 is 11.3 Å². The van der Waals surface area contributed by atoms with Crippen LogP contribution in [0.2, 0.25) is 0 Å². The summed E-state index contributed by atoms with van der Waals surface area (Å²) in [6.07, 6.45) is 3.02. The molecule has 1 aliphatic heterocycles. The molecule has 0 aliphatic carbocycles. The molecule has 0 amide bonds. The molecule has 3 heterocycles. The van der Waals surface area contributed by atoms with Crippen molar-refractivity contribution >= 4 is 27.8 Å². The highest BCUT2D eigenvalue weighted by Gasteiger charge is 2.22. The predicted octanol–water partition coefficient (Wildman–Crippen LogP) is 1.36. The number of ether oxygens (including phenoxy) is 1. The minimum atomic E-state index is -1.07. The van der Waals surface area contributed by atoms with Gasteiger partial charge in [0, 0.05) is 26.2 Å². The Morgan fingerprint density at radius 3 is 2.52 bits per heavy atom. The molecule has 0 saturated heterocycles. The largest absolute Gasteiger partial charge is 0.493 e. The van der Waals surface area contributed by atoms with Crippen molar-refractivity contribution in [2.45, 2.75) is 6.42 Å². The highest BCUT2D eigenvalue weighted by Crippen LogP contribution is 2.34. The van der Waals surface area contributed by atoms with E-state index in [2.05, 4.69) is 23.0 Å². The standard InChI is InChI=1S/C17H17N3O5/c1-19-6-4-9(5-7-19)15-18-12-10(20(15)2)8-11(23-3)13-14(12)25-17(22)16(21)24-13/h4,8H,5-7H2,1-3H3. The number of imidazole rings is 1. The molecule has 1 aliphatic rings.